The quantitative estimate of drug-likeness (QED) is 0.147. The number of unbranched alkanes of at least 4 members (excludes halogenated alkanes) is 11. The summed E-state index contributed by atoms with van der Waals surface area (Å²) in [7, 11) is -2.81. The molecule has 0 saturated heterocycles. The maximum absolute atomic E-state index is 13.9. The van der Waals surface area contributed by atoms with Gasteiger partial charge in [0, 0.05) is 0 Å². The zero-order valence-electron chi connectivity index (χ0n) is 16.2. The highest BCUT2D eigenvalue weighted by atomic mass is 28.3. The SMILES string of the molecule is C=CCCCCCCCCCCCCC[Si](C)(C)C(F)(F)C(C)F. The van der Waals surface area contributed by atoms with Crippen LogP contribution in [0, 0.1) is 0 Å². The fourth-order valence-electron chi connectivity index (χ4n) is 3.15. The molecule has 144 valence electrons. The summed E-state index contributed by atoms with van der Waals surface area (Å²) in [6.45, 7) is 7.97. The molecule has 0 amide bonds. The van der Waals surface area contributed by atoms with Gasteiger partial charge in [0.1, 0.15) is 8.07 Å². The van der Waals surface area contributed by atoms with E-state index in [-0.39, 0.29) is 0 Å². The lowest BCUT2D eigenvalue weighted by Gasteiger charge is -2.33. The molecule has 0 rings (SSSR count). The molecule has 24 heavy (non-hydrogen) atoms. The Balaban J connectivity index is 3.50. The van der Waals surface area contributed by atoms with Gasteiger partial charge in [-0.3, -0.25) is 0 Å². The summed E-state index contributed by atoms with van der Waals surface area (Å²) in [5.41, 5.74) is -3.10. The summed E-state index contributed by atoms with van der Waals surface area (Å²) in [5, 5.41) is 0. The second-order valence-electron chi connectivity index (χ2n) is 7.84. The molecule has 4 heteroatoms. The Labute approximate surface area is 149 Å². The Morgan fingerprint density at radius 3 is 1.58 bits per heavy atom. The molecule has 0 N–H and O–H groups in total. The molecule has 0 aliphatic rings. The van der Waals surface area contributed by atoms with E-state index in [4.69, 9.17) is 0 Å². The highest BCUT2D eigenvalue weighted by Crippen LogP contribution is 2.36. The lowest BCUT2D eigenvalue weighted by atomic mass is 10.1. The minimum Gasteiger partial charge on any atom is -0.242 e. The van der Waals surface area contributed by atoms with Crippen molar-refractivity contribution in [3.8, 4) is 0 Å². The highest BCUT2D eigenvalue weighted by molar-refractivity contribution is 6.79. The van der Waals surface area contributed by atoms with E-state index in [1.807, 2.05) is 6.08 Å². The average molecular weight is 365 g/mol. The van der Waals surface area contributed by atoms with Crippen LogP contribution in [0.15, 0.2) is 12.7 Å². The normalized spacial score (nSPS) is 13.9. The van der Waals surface area contributed by atoms with E-state index in [2.05, 4.69) is 6.58 Å². The number of hydrogen-bond donors (Lipinski definition) is 0. The largest absolute Gasteiger partial charge is 0.258 e. The van der Waals surface area contributed by atoms with Crippen LogP contribution in [0.5, 0.6) is 0 Å². The van der Waals surface area contributed by atoms with Gasteiger partial charge in [-0.25, -0.2) is 13.2 Å². The molecule has 0 nitrogen and oxygen atoms in total. The first-order chi connectivity index (χ1) is 11.3. The number of rotatable bonds is 16. The monoisotopic (exact) mass is 364 g/mol. The molecule has 0 spiro atoms. The second kappa shape index (κ2) is 13.0. The molecule has 0 aromatic heterocycles. The molecule has 0 aliphatic heterocycles. The number of hydrogen-bond acceptors (Lipinski definition) is 0. The number of alkyl halides is 3. The topological polar surface area (TPSA) is 0 Å². The number of halogens is 3. The molecular weight excluding hydrogens is 325 g/mol. The van der Waals surface area contributed by atoms with Crippen molar-refractivity contribution in [2.45, 2.75) is 115 Å². The van der Waals surface area contributed by atoms with Crippen molar-refractivity contribution >= 4 is 8.07 Å². The van der Waals surface area contributed by atoms with E-state index in [1.165, 1.54) is 51.4 Å². The molecule has 0 radical (unpaired) electrons. The van der Waals surface area contributed by atoms with Gasteiger partial charge in [-0.1, -0.05) is 89.4 Å². The molecular formula is C20H39F3Si. The van der Waals surface area contributed by atoms with Crippen molar-refractivity contribution in [1.29, 1.82) is 0 Å². The van der Waals surface area contributed by atoms with Gasteiger partial charge in [0.15, 0.2) is 6.17 Å². The Hall–Kier alpha value is -0.253. The smallest absolute Gasteiger partial charge is 0.242 e. The van der Waals surface area contributed by atoms with E-state index in [0.29, 0.717) is 6.04 Å². The van der Waals surface area contributed by atoms with Crippen molar-refractivity contribution in [2.24, 2.45) is 0 Å². The van der Waals surface area contributed by atoms with Crippen LogP contribution >= 0.6 is 0 Å². The molecule has 0 aliphatic carbocycles. The van der Waals surface area contributed by atoms with E-state index in [9.17, 15) is 13.2 Å². The standard InChI is InChI=1S/C20H39F3Si/c1-5-6-7-8-9-10-11-12-13-14-15-16-17-18-24(3,4)20(22,23)19(2)21/h5,19H,1,6-18H2,2-4H3. The average Bonchev–Trinajstić information content (AvgIpc) is 2.51. The zero-order valence-corrected chi connectivity index (χ0v) is 17.2. The van der Waals surface area contributed by atoms with Crippen LogP contribution in [-0.2, 0) is 0 Å². The van der Waals surface area contributed by atoms with Crippen molar-refractivity contribution in [1.82, 2.24) is 0 Å². The molecule has 0 bridgehead atoms. The zero-order chi connectivity index (χ0) is 18.5. The molecule has 0 fully saturated rings. The van der Waals surface area contributed by atoms with Crippen molar-refractivity contribution in [3.63, 3.8) is 0 Å². The Bertz CT molecular complexity index is 314. The van der Waals surface area contributed by atoms with Crippen LogP contribution in [0.3, 0.4) is 0 Å². The van der Waals surface area contributed by atoms with Crippen molar-refractivity contribution in [2.75, 3.05) is 0 Å². The summed E-state index contributed by atoms with van der Waals surface area (Å²) in [6.07, 6.45) is 14.4. The maximum atomic E-state index is 13.9. The van der Waals surface area contributed by atoms with Gasteiger partial charge in [-0.15, -0.1) is 6.58 Å². The van der Waals surface area contributed by atoms with Crippen LogP contribution in [-0.4, -0.2) is 19.8 Å². The summed E-state index contributed by atoms with van der Waals surface area (Å²) in [5.74, 6) is 0. The predicted molar refractivity (Wildman–Crippen MR) is 103 cm³/mol. The van der Waals surface area contributed by atoms with Crippen molar-refractivity contribution < 1.29 is 13.2 Å². The first-order valence-electron chi connectivity index (χ1n) is 9.88. The number of allylic oxidation sites excluding steroid dienone is 1. The molecule has 0 saturated carbocycles. The summed E-state index contributed by atoms with van der Waals surface area (Å²) in [4.78, 5) is 0. The first-order valence-corrected chi connectivity index (χ1v) is 13.1. The van der Waals surface area contributed by atoms with Crippen LogP contribution in [0.4, 0.5) is 13.2 Å². The van der Waals surface area contributed by atoms with Gasteiger partial charge in [0.25, 0.3) is 5.55 Å². The van der Waals surface area contributed by atoms with Crippen LogP contribution in [0.25, 0.3) is 0 Å². The molecule has 0 aromatic carbocycles. The van der Waals surface area contributed by atoms with Crippen LogP contribution in [0.1, 0.15) is 84.0 Å². The summed E-state index contributed by atoms with van der Waals surface area (Å²) >= 11 is 0. The second-order valence-corrected chi connectivity index (χ2v) is 12.8. The third-order valence-corrected chi connectivity index (χ3v) is 8.92. The van der Waals surface area contributed by atoms with Crippen LogP contribution in [0.2, 0.25) is 19.1 Å². The minimum atomic E-state index is -3.10. The lowest BCUT2D eigenvalue weighted by Crippen LogP contribution is -2.53. The van der Waals surface area contributed by atoms with Gasteiger partial charge in [-0.05, 0) is 19.8 Å². The van der Waals surface area contributed by atoms with Crippen LogP contribution < -0.4 is 0 Å². The fraction of sp³-hybridized carbons (Fsp3) is 0.900. The van der Waals surface area contributed by atoms with Gasteiger partial charge in [0.2, 0.25) is 0 Å². The molecule has 0 heterocycles. The Morgan fingerprint density at radius 1 is 0.833 bits per heavy atom. The highest BCUT2D eigenvalue weighted by Gasteiger charge is 2.52. The molecule has 0 aromatic rings. The molecule has 1 atom stereocenters. The minimum absolute atomic E-state index is 0.527. The third-order valence-electron chi connectivity index (χ3n) is 5.11. The maximum Gasteiger partial charge on any atom is 0.258 e. The Morgan fingerprint density at radius 2 is 1.21 bits per heavy atom. The van der Waals surface area contributed by atoms with E-state index < -0.39 is 19.8 Å². The Kier molecular flexibility index (Phi) is 12.9. The van der Waals surface area contributed by atoms with Crippen molar-refractivity contribution in [3.05, 3.63) is 12.7 Å². The van der Waals surface area contributed by atoms with E-state index in [1.54, 1.807) is 13.1 Å². The van der Waals surface area contributed by atoms with Gasteiger partial charge >= 0.3 is 0 Å². The summed E-state index contributed by atoms with van der Waals surface area (Å²) < 4.78 is 40.8. The van der Waals surface area contributed by atoms with Gasteiger partial charge in [0.05, 0.1) is 0 Å². The lowest BCUT2D eigenvalue weighted by molar-refractivity contribution is 0.00276. The van der Waals surface area contributed by atoms with Gasteiger partial charge < -0.3 is 0 Å². The predicted octanol–water partition coefficient (Wildman–Crippen LogP) is 8.09. The van der Waals surface area contributed by atoms with E-state index in [0.717, 1.165) is 32.6 Å². The third kappa shape index (κ3) is 9.90. The van der Waals surface area contributed by atoms with Gasteiger partial charge in [-0.2, -0.15) is 0 Å². The van der Waals surface area contributed by atoms with E-state index >= 15 is 0 Å². The first kappa shape index (κ1) is 23.7. The summed E-state index contributed by atoms with van der Waals surface area (Å²) in [6, 6.07) is 0.527. The fourth-order valence-corrected chi connectivity index (χ4v) is 5.70. The molecule has 1 unspecified atom stereocenters.